The van der Waals surface area contributed by atoms with Gasteiger partial charge in [0.1, 0.15) is 0 Å². The van der Waals surface area contributed by atoms with Crippen molar-refractivity contribution in [2.45, 2.75) is 24.7 Å². The van der Waals surface area contributed by atoms with Crippen molar-refractivity contribution in [3.8, 4) is 22.3 Å². The molecule has 7 aromatic carbocycles. The third-order valence-corrected chi connectivity index (χ3v) is 14.5. The lowest BCUT2D eigenvalue weighted by molar-refractivity contribution is 0.724. The molecule has 1 heterocycles. The zero-order valence-electron chi connectivity index (χ0n) is 33.8. The first-order chi connectivity index (χ1) is 30.3. The molecule has 0 saturated heterocycles. The summed E-state index contributed by atoms with van der Waals surface area (Å²) in [5.74, 6) is 0.284. The minimum atomic E-state index is -0.449. The van der Waals surface area contributed by atoms with Crippen LogP contribution in [0, 0.1) is 5.92 Å². The molecule has 1 nitrogen and oxygen atoms in total. The molecule has 12 rings (SSSR count). The second-order valence-electron chi connectivity index (χ2n) is 16.6. The van der Waals surface area contributed by atoms with Crippen LogP contribution in [0.4, 0.5) is 11.4 Å². The number of hydrogen-bond acceptors (Lipinski definition) is 2. The highest BCUT2D eigenvalue weighted by Crippen LogP contribution is 2.57. The molecule has 0 N–H and O–H groups in total. The molecule has 8 aromatic rings. The Hall–Kier alpha value is -7.00. The van der Waals surface area contributed by atoms with Crippen LogP contribution in [0.15, 0.2) is 241 Å². The largest absolute Gasteiger partial charge is 0.310 e. The van der Waals surface area contributed by atoms with Crippen molar-refractivity contribution in [1.29, 1.82) is 0 Å². The number of rotatable bonds is 7. The molecular weight excluding hydrogens is 755 g/mol. The van der Waals surface area contributed by atoms with Gasteiger partial charge in [-0.1, -0.05) is 170 Å². The standard InChI is InChI=1S/C59H43NS/c1-4-17-42(18-5-1)58-48-23-11-10-16-41(48)30-36-55(58)60(46-32-28-40(29-33-46)43-31-37-57-52(38-43)50-25-13-15-27-56(50)61-57)47-34-35-54-51(39-47)49-24-12-14-26-53(49)59(54,44-19-6-2-7-20-44)45-21-8-3-9-22-45/h2-4,6-22,24-39,48H,1,5,23H2. The summed E-state index contributed by atoms with van der Waals surface area (Å²) in [6.45, 7) is 0. The van der Waals surface area contributed by atoms with E-state index in [4.69, 9.17) is 0 Å². The van der Waals surface area contributed by atoms with Crippen LogP contribution in [-0.2, 0) is 5.41 Å². The Kier molecular flexibility index (Phi) is 8.61. The van der Waals surface area contributed by atoms with Crippen LogP contribution in [0.2, 0.25) is 0 Å². The van der Waals surface area contributed by atoms with E-state index in [0.29, 0.717) is 0 Å². The van der Waals surface area contributed by atoms with Crippen molar-refractivity contribution in [3.05, 3.63) is 263 Å². The molecule has 0 radical (unpaired) electrons. The first-order valence-corrected chi connectivity index (χ1v) is 22.4. The second-order valence-corrected chi connectivity index (χ2v) is 17.7. The predicted octanol–water partition coefficient (Wildman–Crippen LogP) is 15.8. The topological polar surface area (TPSA) is 3.24 Å². The molecule has 4 aliphatic rings. The summed E-state index contributed by atoms with van der Waals surface area (Å²) >= 11 is 1.87. The summed E-state index contributed by atoms with van der Waals surface area (Å²) in [5.41, 5.74) is 17.4. The molecule has 0 bridgehead atoms. The molecule has 0 spiro atoms. The van der Waals surface area contributed by atoms with Gasteiger partial charge < -0.3 is 4.90 Å². The molecule has 1 unspecified atom stereocenters. The highest BCUT2D eigenvalue weighted by Gasteiger charge is 2.46. The molecule has 0 amide bonds. The van der Waals surface area contributed by atoms with Crippen molar-refractivity contribution in [1.82, 2.24) is 0 Å². The first-order valence-electron chi connectivity index (χ1n) is 21.6. The van der Waals surface area contributed by atoms with Gasteiger partial charge in [0.25, 0.3) is 0 Å². The summed E-state index contributed by atoms with van der Waals surface area (Å²) in [6.07, 6.45) is 21.9. The third kappa shape index (κ3) is 5.74. The van der Waals surface area contributed by atoms with Crippen LogP contribution in [0.5, 0.6) is 0 Å². The van der Waals surface area contributed by atoms with Crippen molar-refractivity contribution in [2.24, 2.45) is 5.92 Å². The van der Waals surface area contributed by atoms with Crippen molar-refractivity contribution < 1.29 is 0 Å². The molecule has 61 heavy (non-hydrogen) atoms. The van der Waals surface area contributed by atoms with Crippen LogP contribution >= 0.6 is 11.3 Å². The second kappa shape index (κ2) is 14.6. The van der Waals surface area contributed by atoms with Gasteiger partial charge in [-0.15, -0.1) is 11.3 Å². The lowest BCUT2D eigenvalue weighted by Crippen LogP contribution is -2.28. The van der Waals surface area contributed by atoms with Crippen molar-refractivity contribution in [3.63, 3.8) is 0 Å². The number of hydrogen-bond donors (Lipinski definition) is 0. The zero-order chi connectivity index (χ0) is 40.3. The monoisotopic (exact) mass is 797 g/mol. The van der Waals surface area contributed by atoms with E-state index in [-0.39, 0.29) is 5.92 Å². The van der Waals surface area contributed by atoms with E-state index in [1.54, 1.807) is 0 Å². The van der Waals surface area contributed by atoms with Crippen LogP contribution in [-0.4, -0.2) is 0 Å². The molecule has 4 aliphatic carbocycles. The predicted molar refractivity (Wildman–Crippen MR) is 259 cm³/mol. The van der Waals surface area contributed by atoms with E-state index in [9.17, 15) is 0 Å². The van der Waals surface area contributed by atoms with E-state index in [1.165, 1.54) is 87.1 Å². The Morgan fingerprint density at radius 2 is 1.23 bits per heavy atom. The number of nitrogens with zero attached hydrogens (tertiary/aromatic N) is 1. The van der Waals surface area contributed by atoms with Crippen LogP contribution < -0.4 is 4.90 Å². The maximum absolute atomic E-state index is 2.54. The highest BCUT2D eigenvalue weighted by molar-refractivity contribution is 7.25. The Morgan fingerprint density at radius 3 is 2.03 bits per heavy atom. The van der Waals surface area contributed by atoms with Crippen LogP contribution in [0.25, 0.3) is 42.4 Å². The van der Waals surface area contributed by atoms with Gasteiger partial charge in [0.15, 0.2) is 0 Å². The maximum atomic E-state index is 2.54. The lowest BCUT2D eigenvalue weighted by Gasteiger charge is -2.36. The third-order valence-electron chi connectivity index (χ3n) is 13.3. The summed E-state index contributed by atoms with van der Waals surface area (Å²) in [6, 6.07) is 63.6. The maximum Gasteiger partial charge on any atom is 0.0713 e. The van der Waals surface area contributed by atoms with Gasteiger partial charge in [-0.25, -0.2) is 0 Å². The van der Waals surface area contributed by atoms with Gasteiger partial charge in [-0.3, -0.25) is 0 Å². The number of allylic oxidation sites excluding steroid dienone is 11. The Labute approximate surface area is 362 Å². The van der Waals surface area contributed by atoms with E-state index < -0.39 is 5.41 Å². The van der Waals surface area contributed by atoms with Gasteiger partial charge in [0.05, 0.1) is 11.1 Å². The van der Waals surface area contributed by atoms with Crippen molar-refractivity contribution in [2.75, 3.05) is 4.90 Å². The SMILES string of the molecule is C1=CCC2C(=C1)C=CC(N(c1ccc(-c3ccc4sc5ccccc5c4c3)cc1)c1ccc3c(c1)-c1ccccc1C3(c1ccccc1)c1ccccc1)=C2C1=CCCC=C1. The van der Waals surface area contributed by atoms with Gasteiger partial charge in [-0.05, 0) is 129 Å². The van der Waals surface area contributed by atoms with E-state index in [1.807, 2.05) is 11.3 Å². The first kappa shape index (κ1) is 35.9. The van der Waals surface area contributed by atoms with Crippen molar-refractivity contribution >= 4 is 42.9 Å². The minimum absolute atomic E-state index is 0.284. The van der Waals surface area contributed by atoms with E-state index in [0.717, 1.165) is 30.6 Å². The normalized spacial score (nSPS) is 17.2. The van der Waals surface area contributed by atoms with Gasteiger partial charge in [0, 0.05) is 37.5 Å². The quantitative estimate of drug-likeness (QED) is 0.155. The lowest BCUT2D eigenvalue weighted by atomic mass is 9.68. The fourth-order valence-electron chi connectivity index (χ4n) is 10.6. The van der Waals surface area contributed by atoms with Crippen LogP contribution in [0.1, 0.15) is 41.5 Å². The minimum Gasteiger partial charge on any atom is -0.310 e. The molecule has 1 atom stereocenters. The molecule has 0 saturated carbocycles. The number of thiophene rings is 1. The molecule has 1 aromatic heterocycles. The number of anilines is 2. The average molecular weight is 798 g/mol. The van der Waals surface area contributed by atoms with E-state index >= 15 is 0 Å². The molecule has 0 aliphatic heterocycles. The van der Waals surface area contributed by atoms with Crippen LogP contribution in [0.3, 0.4) is 0 Å². The molecular formula is C59H43NS. The fourth-order valence-corrected chi connectivity index (χ4v) is 11.7. The van der Waals surface area contributed by atoms with Gasteiger partial charge in [-0.2, -0.15) is 0 Å². The summed E-state index contributed by atoms with van der Waals surface area (Å²) in [7, 11) is 0. The Bertz CT molecular complexity index is 3170. The summed E-state index contributed by atoms with van der Waals surface area (Å²) in [5, 5.41) is 2.65. The summed E-state index contributed by atoms with van der Waals surface area (Å²) < 4.78 is 2.66. The average Bonchev–Trinajstić information content (AvgIpc) is 3.86. The fraction of sp³-hybridized carbons (Fsp3) is 0.0847. The Balaban J connectivity index is 1.07. The van der Waals surface area contributed by atoms with Gasteiger partial charge >= 0.3 is 0 Å². The highest BCUT2D eigenvalue weighted by atomic mass is 32.1. The number of fused-ring (bicyclic) bond motifs is 7. The van der Waals surface area contributed by atoms with E-state index in [2.05, 4.69) is 223 Å². The Morgan fingerprint density at radius 1 is 0.525 bits per heavy atom. The number of benzene rings is 7. The molecule has 290 valence electrons. The van der Waals surface area contributed by atoms with Gasteiger partial charge in [0.2, 0.25) is 0 Å². The summed E-state index contributed by atoms with van der Waals surface area (Å²) in [4.78, 5) is 2.54. The smallest absolute Gasteiger partial charge is 0.0713 e. The zero-order valence-corrected chi connectivity index (χ0v) is 34.7. The molecule has 2 heteroatoms. The molecule has 0 fully saturated rings.